The van der Waals surface area contributed by atoms with Crippen LogP contribution >= 0.6 is 0 Å². The number of urea groups is 2. The fourth-order valence-electron chi connectivity index (χ4n) is 5.94. The van der Waals surface area contributed by atoms with E-state index in [2.05, 4.69) is 32.8 Å². The average Bonchev–Trinajstić information content (AvgIpc) is 3.45. The van der Waals surface area contributed by atoms with Gasteiger partial charge in [0.1, 0.15) is 6.04 Å². The van der Waals surface area contributed by atoms with Crippen LogP contribution < -0.4 is 10.6 Å². The van der Waals surface area contributed by atoms with Gasteiger partial charge in [-0.15, -0.1) is 0 Å². The molecule has 3 N–H and O–H groups in total. The van der Waals surface area contributed by atoms with Gasteiger partial charge in [-0.05, 0) is 49.2 Å². The Bertz CT molecular complexity index is 1390. The number of piperidine rings is 1. The van der Waals surface area contributed by atoms with Crippen LogP contribution in [-0.2, 0) is 17.8 Å². The summed E-state index contributed by atoms with van der Waals surface area (Å²) < 4.78 is 0. The van der Waals surface area contributed by atoms with E-state index in [1.165, 1.54) is 0 Å². The Morgan fingerprint density at radius 3 is 2.60 bits per heavy atom. The summed E-state index contributed by atoms with van der Waals surface area (Å²) in [4.78, 5) is 47.6. The van der Waals surface area contributed by atoms with Crippen molar-refractivity contribution in [2.24, 2.45) is 0 Å². The molecule has 0 spiro atoms. The third kappa shape index (κ3) is 5.46. The molecule has 5 amide bonds. The molecule has 0 bridgehead atoms. The van der Waals surface area contributed by atoms with Gasteiger partial charge in [-0.2, -0.15) is 5.10 Å². The molecule has 2 aromatic carbocycles. The average molecular weight is 545 g/mol. The van der Waals surface area contributed by atoms with Crippen molar-refractivity contribution in [3.8, 4) is 0 Å². The number of fused-ring (bicyclic) bond motifs is 2. The number of carbonyl (C=O) groups excluding carboxylic acids is 3. The number of amides is 5. The summed E-state index contributed by atoms with van der Waals surface area (Å²) in [5.41, 5.74) is 3.87. The number of likely N-dealkylation sites (N-methyl/N-ethyl adjacent to an activating group) is 1. The van der Waals surface area contributed by atoms with Crippen molar-refractivity contribution >= 4 is 34.6 Å². The minimum absolute atomic E-state index is 0.0488. The first kappa shape index (κ1) is 26.1. The predicted octanol–water partition coefficient (Wildman–Crippen LogP) is 2.47. The zero-order valence-corrected chi connectivity index (χ0v) is 22.8. The fraction of sp³-hybridized carbons (Fsp3) is 0.448. The molecule has 0 aliphatic carbocycles. The van der Waals surface area contributed by atoms with Crippen LogP contribution in [0, 0.1) is 0 Å². The van der Waals surface area contributed by atoms with Gasteiger partial charge in [-0.25, -0.2) is 9.59 Å². The number of piperazine rings is 1. The highest BCUT2D eigenvalue weighted by molar-refractivity contribution is 5.92. The predicted molar refractivity (Wildman–Crippen MR) is 152 cm³/mol. The van der Waals surface area contributed by atoms with Crippen molar-refractivity contribution in [2.45, 2.75) is 37.9 Å². The number of carbonyl (C=O) groups is 3. The maximum Gasteiger partial charge on any atom is 0.322 e. The Morgan fingerprint density at radius 1 is 1.02 bits per heavy atom. The van der Waals surface area contributed by atoms with Crippen molar-refractivity contribution in [1.29, 1.82) is 0 Å². The standard InChI is InChI=1S/C29H36N8O3/c1-34-12-14-35(15-13-34)27(38)26(17-20-6-7-25-22(16-20)18-30-33-25)32-28(39)36-10-8-23(9-11-36)37-19-21-4-2-3-5-24(21)31-29(37)40/h2-7,16,18,23,26H,8-15,17,19H2,1H3,(H,30,33)(H,31,40)(H,32,39). The molecule has 1 aromatic heterocycles. The molecule has 2 fully saturated rings. The minimum Gasteiger partial charge on any atom is -0.338 e. The monoisotopic (exact) mass is 544 g/mol. The smallest absolute Gasteiger partial charge is 0.322 e. The van der Waals surface area contributed by atoms with Crippen LogP contribution in [0.1, 0.15) is 24.0 Å². The summed E-state index contributed by atoms with van der Waals surface area (Å²) in [5.74, 6) is -0.0488. The van der Waals surface area contributed by atoms with E-state index in [1.807, 2.05) is 52.3 Å². The normalized spacial score (nSPS) is 19.3. The molecule has 2 saturated heterocycles. The Balaban J connectivity index is 1.11. The number of nitrogens with one attached hydrogen (secondary N) is 3. The molecule has 11 nitrogen and oxygen atoms in total. The lowest BCUT2D eigenvalue weighted by atomic mass is 10.0. The first-order valence-corrected chi connectivity index (χ1v) is 14.0. The molecule has 4 heterocycles. The number of likely N-dealkylation sites (tertiary alicyclic amines) is 1. The highest BCUT2D eigenvalue weighted by atomic mass is 16.2. The van der Waals surface area contributed by atoms with Crippen LogP contribution in [0.2, 0.25) is 0 Å². The first-order chi connectivity index (χ1) is 19.4. The molecule has 3 aromatic rings. The van der Waals surface area contributed by atoms with Crippen molar-refractivity contribution in [3.63, 3.8) is 0 Å². The number of anilines is 1. The maximum absolute atomic E-state index is 13.6. The van der Waals surface area contributed by atoms with E-state index in [9.17, 15) is 14.4 Å². The first-order valence-electron chi connectivity index (χ1n) is 14.0. The SMILES string of the molecule is CN1CCN(C(=O)C(Cc2ccc3[nH]ncc3c2)NC(=O)N2CCC(N3Cc4ccccc4NC3=O)CC2)CC1. The molecule has 3 aliphatic rings. The number of aromatic amines is 1. The van der Waals surface area contributed by atoms with E-state index in [0.717, 1.165) is 40.8 Å². The molecule has 0 saturated carbocycles. The second-order valence-electron chi connectivity index (χ2n) is 11.1. The lowest BCUT2D eigenvalue weighted by Gasteiger charge is -2.41. The second kappa shape index (κ2) is 11.2. The number of rotatable bonds is 5. The van der Waals surface area contributed by atoms with E-state index in [4.69, 9.17) is 0 Å². The Morgan fingerprint density at radius 2 is 1.80 bits per heavy atom. The van der Waals surface area contributed by atoms with Gasteiger partial charge in [0, 0.05) is 69.3 Å². The zero-order chi connectivity index (χ0) is 27.6. The molecule has 3 aliphatic heterocycles. The summed E-state index contributed by atoms with van der Waals surface area (Å²) in [6.45, 7) is 4.55. The number of nitrogens with zero attached hydrogens (tertiary/aromatic N) is 5. The zero-order valence-electron chi connectivity index (χ0n) is 22.8. The molecule has 1 unspecified atom stereocenters. The van der Waals surface area contributed by atoms with Gasteiger partial charge in [-0.3, -0.25) is 9.89 Å². The molecule has 210 valence electrons. The van der Waals surface area contributed by atoms with E-state index in [1.54, 1.807) is 11.1 Å². The van der Waals surface area contributed by atoms with E-state index in [0.29, 0.717) is 52.0 Å². The number of aromatic nitrogens is 2. The molecule has 0 radical (unpaired) electrons. The summed E-state index contributed by atoms with van der Waals surface area (Å²) in [7, 11) is 2.05. The van der Waals surface area contributed by atoms with E-state index in [-0.39, 0.29) is 24.0 Å². The minimum atomic E-state index is -0.664. The summed E-state index contributed by atoms with van der Waals surface area (Å²) in [5, 5.41) is 14.1. The molecule has 6 rings (SSSR count). The van der Waals surface area contributed by atoms with Crippen LogP contribution in [0.4, 0.5) is 15.3 Å². The topological polar surface area (TPSA) is 117 Å². The second-order valence-corrected chi connectivity index (χ2v) is 11.1. The number of para-hydroxylation sites is 1. The molecule has 11 heteroatoms. The molecule has 1 atom stereocenters. The molecular formula is C29H36N8O3. The molecule has 40 heavy (non-hydrogen) atoms. The summed E-state index contributed by atoms with van der Waals surface area (Å²) >= 11 is 0. The van der Waals surface area contributed by atoms with Crippen LogP contribution in [0.25, 0.3) is 10.9 Å². The van der Waals surface area contributed by atoms with Crippen molar-refractivity contribution in [2.75, 3.05) is 51.6 Å². The van der Waals surface area contributed by atoms with Gasteiger partial charge in [0.25, 0.3) is 0 Å². The number of H-pyrrole nitrogens is 1. The lowest BCUT2D eigenvalue weighted by Crippen LogP contribution is -2.58. The summed E-state index contributed by atoms with van der Waals surface area (Å²) in [6, 6.07) is 12.9. The highest BCUT2D eigenvalue weighted by Gasteiger charge is 2.34. The van der Waals surface area contributed by atoms with Gasteiger partial charge in [0.05, 0.1) is 11.7 Å². The van der Waals surface area contributed by atoms with Crippen LogP contribution in [0.15, 0.2) is 48.7 Å². The van der Waals surface area contributed by atoms with Gasteiger partial charge >= 0.3 is 12.1 Å². The van der Waals surface area contributed by atoms with Gasteiger partial charge in [0.15, 0.2) is 0 Å². The summed E-state index contributed by atoms with van der Waals surface area (Å²) in [6.07, 6.45) is 3.55. The highest BCUT2D eigenvalue weighted by Crippen LogP contribution is 2.27. The lowest BCUT2D eigenvalue weighted by molar-refractivity contribution is -0.134. The van der Waals surface area contributed by atoms with Crippen LogP contribution in [-0.4, -0.2) is 106 Å². The largest absolute Gasteiger partial charge is 0.338 e. The maximum atomic E-state index is 13.6. The van der Waals surface area contributed by atoms with Crippen molar-refractivity contribution < 1.29 is 14.4 Å². The quantitative estimate of drug-likeness (QED) is 0.456. The van der Waals surface area contributed by atoms with Gasteiger partial charge in [0.2, 0.25) is 5.91 Å². The van der Waals surface area contributed by atoms with Crippen molar-refractivity contribution in [3.05, 3.63) is 59.8 Å². The van der Waals surface area contributed by atoms with E-state index >= 15 is 0 Å². The van der Waals surface area contributed by atoms with Crippen LogP contribution in [0.3, 0.4) is 0 Å². The number of hydrogen-bond donors (Lipinski definition) is 3. The number of benzene rings is 2. The third-order valence-electron chi connectivity index (χ3n) is 8.41. The fourth-order valence-corrected chi connectivity index (χ4v) is 5.94. The Hall–Kier alpha value is -4.12. The Labute approximate surface area is 233 Å². The third-order valence-corrected chi connectivity index (χ3v) is 8.41. The number of hydrogen-bond acceptors (Lipinski definition) is 5. The van der Waals surface area contributed by atoms with Gasteiger partial charge in [-0.1, -0.05) is 24.3 Å². The molecular weight excluding hydrogens is 508 g/mol. The Kier molecular flexibility index (Phi) is 7.29. The van der Waals surface area contributed by atoms with E-state index < -0.39 is 6.04 Å². The van der Waals surface area contributed by atoms with Gasteiger partial charge < -0.3 is 30.2 Å². The van der Waals surface area contributed by atoms with Crippen molar-refractivity contribution in [1.82, 2.24) is 35.1 Å². The van der Waals surface area contributed by atoms with Crippen LogP contribution in [0.5, 0.6) is 0 Å².